The standard InChI is InChI=1S/C22H28N4O3/c1-22(2)13-18(17-7-5-6-8-19(17)29-22)26-20(23-3)24-14-15-9-11-16(12-10-15)25-21(27)28-4/h5-12,18H,13-14H2,1-4H3,(H,25,27)(H2,23,24,26). The van der Waals surface area contributed by atoms with E-state index in [0.717, 1.165) is 29.3 Å². The predicted molar refractivity (Wildman–Crippen MR) is 114 cm³/mol. The number of hydrogen-bond donors (Lipinski definition) is 3. The van der Waals surface area contributed by atoms with Crippen LogP contribution in [0.5, 0.6) is 5.75 Å². The van der Waals surface area contributed by atoms with Gasteiger partial charge in [0.2, 0.25) is 0 Å². The topological polar surface area (TPSA) is 84.0 Å². The fourth-order valence-corrected chi connectivity index (χ4v) is 3.35. The highest BCUT2D eigenvalue weighted by Gasteiger charge is 2.33. The maximum atomic E-state index is 11.3. The summed E-state index contributed by atoms with van der Waals surface area (Å²) in [5.74, 6) is 1.63. The first-order valence-electron chi connectivity index (χ1n) is 9.59. The highest BCUT2D eigenvalue weighted by atomic mass is 16.5. The molecule has 0 saturated carbocycles. The number of para-hydroxylation sites is 1. The van der Waals surface area contributed by atoms with Crippen molar-refractivity contribution < 1.29 is 14.3 Å². The molecule has 0 bridgehead atoms. The predicted octanol–water partition coefficient (Wildman–Crippen LogP) is 3.83. The maximum absolute atomic E-state index is 11.3. The Balaban J connectivity index is 1.62. The fourth-order valence-electron chi connectivity index (χ4n) is 3.35. The van der Waals surface area contributed by atoms with Gasteiger partial charge in [-0.2, -0.15) is 0 Å². The van der Waals surface area contributed by atoms with Crippen molar-refractivity contribution >= 4 is 17.7 Å². The minimum absolute atomic E-state index is 0.104. The van der Waals surface area contributed by atoms with Gasteiger partial charge in [-0.1, -0.05) is 30.3 Å². The van der Waals surface area contributed by atoms with Crippen LogP contribution in [0.15, 0.2) is 53.5 Å². The minimum atomic E-state index is -0.486. The lowest BCUT2D eigenvalue weighted by Crippen LogP contribution is -2.45. The Morgan fingerprint density at radius 3 is 2.62 bits per heavy atom. The molecule has 154 valence electrons. The van der Waals surface area contributed by atoms with Crippen molar-refractivity contribution in [3.63, 3.8) is 0 Å². The second kappa shape index (κ2) is 8.86. The lowest BCUT2D eigenvalue weighted by Gasteiger charge is -2.38. The number of carbonyl (C=O) groups excluding carboxylic acids is 1. The summed E-state index contributed by atoms with van der Waals surface area (Å²) in [6, 6.07) is 15.8. The maximum Gasteiger partial charge on any atom is 0.411 e. The summed E-state index contributed by atoms with van der Waals surface area (Å²) in [5.41, 5.74) is 2.63. The Labute approximate surface area is 171 Å². The van der Waals surface area contributed by atoms with E-state index in [1.807, 2.05) is 42.5 Å². The number of methoxy groups -OCH3 is 1. The summed E-state index contributed by atoms with van der Waals surface area (Å²) in [6.07, 6.45) is 0.346. The summed E-state index contributed by atoms with van der Waals surface area (Å²) in [7, 11) is 3.10. The zero-order chi connectivity index (χ0) is 20.9. The highest BCUT2D eigenvalue weighted by Crippen LogP contribution is 2.39. The van der Waals surface area contributed by atoms with Crippen molar-refractivity contribution in [1.82, 2.24) is 10.6 Å². The Hall–Kier alpha value is -3.22. The molecule has 0 aliphatic carbocycles. The molecule has 0 fully saturated rings. The number of carbonyl (C=O) groups is 1. The molecule has 0 saturated heterocycles. The number of amides is 1. The Kier molecular flexibility index (Phi) is 6.26. The van der Waals surface area contributed by atoms with Gasteiger partial charge in [0.1, 0.15) is 11.4 Å². The number of ether oxygens (including phenoxy) is 2. The van der Waals surface area contributed by atoms with Crippen LogP contribution in [-0.4, -0.2) is 31.8 Å². The van der Waals surface area contributed by atoms with Gasteiger partial charge in [-0.15, -0.1) is 0 Å². The molecule has 1 amide bonds. The largest absolute Gasteiger partial charge is 0.487 e. The molecule has 3 rings (SSSR count). The molecule has 7 nitrogen and oxygen atoms in total. The zero-order valence-electron chi connectivity index (χ0n) is 17.3. The van der Waals surface area contributed by atoms with Gasteiger partial charge in [-0.25, -0.2) is 4.79 Å². The van der Waals surface area contributed by atoms with Crippen LogP contribution in [0.4, 0.5) is 10.5 Å². The molecule has 0 radical (unpaired) electrons. The molecule has 2 aromatic rings. The third-order valence-corrected chi connectivity index (χ3v) is 4.76. The number of nitrogens with zero attached hydrogens (tertiary/aromatic N) is 1. The van der Waals surface area contributed by atoms with Gasteiger partial charge in [0.15, 0.2) is 5.96 Å². The third-order valence-electron chi connectivity index (χ3n) is 4.76. The van der Waals surface area contributed by atoms with Gasteiger partial charge in [0, 0.05) is 31.3 Å². The van der Waals surface area contributed by atoms with Crippen molar-refractivity contribution in [3.05, 3.63) is 59.7 Å². The number of rotatable bonds is 4. The van der Waals surface area contributed by atoms with E-state index in [9.17, 15) is 4.79 Å². The lowest BCUT2D eigenvalue weighted by molar-refractivity contribution is 0.0694. The second-order valence-corrected chi connectivity index (χ2v) is 7.54. The molecule has 29 heavy (non-hydrogen) atoms. The van der Waals surface area contributed by atoms with E-state index in [1.165, 1.54) is 7.11 Å². The lowest BCUT2D eigenvalue weighted by atomic mass is 9.90. The number of aliphatic imine (C=N–C) groups is 1. The SMILES string of the molecule is CN=C(NCc1ccc(NC(=O)OC)cc1)NC1CC(C)(C)Oc2ccccc21. The van der Waals surface area contributed by atoms with Crippen LogP contribution in [0.3, 0.4) is 0 Å². The number of fused-ring (bicyclic) bond motifs is 1. The van der Waals surface area contributed by atoms with Gasteiger partial charge >= 0.3 is 6.09 Å². The van der Waals surface area contributed by atoms with Gasteiger partial charge in [-0.3, -0.25) is 10.3 Å². The minimum Gasteiger partial charge on any atom is -0.487 e. The number of nitrogens with one attached hydrogen (secondary N) is 3. The van der Waals surface area contributed by atoms with Crippen molar-refractivity contribution in [3.8, 4) is 5.75 Å². The average molecular weight is 396 g/mol. The van der Waals surface area contributed by atoms with Crippen molar-refractivity contribution in [2.45, 2.75) is 38.5 Å². The average Bonchev–Trinajstić information content (AvgIpc) is 2.71. The smallest absolute Gasteiger partial charge is 0.411 e. The first-order chi connectivity index (χ1) is 13.9. The van der Waals surface area contributed by atoms with Crippen LogP contribution in [0.1, 0.15) is 37.4 Å². The highest BCUT2D eigenvalue weighted by molar-refractivity contribution is 5.84. The van der Waals surface area contributed by atoms with Crippen LogP contribution in [-0.2, 0) is 11.3 Å². The van der Waals surface area contributed by atoms with Gasteiger partial charge in [0.25, 0.3) is 0 Å². The van der Waals surface area contributed by atoms with E-state index in [0.29, 0.717) is 12.2 Å². The molecule has 1 unspecified atom stereocenters. The van der Waals surface area contributed by atoms with Crippen molar-refractivity contribution in [1.29, 1.82) is 0 Å². The Bertz CT molecular complexity index is 878. The van der Waals surface area contributed by atoms with E-state index >= 15 is 0 Å². The Morgan fingerprint density at radius 2 is 1.93 bits per heavy atom. The zero-order valence-corrected chi connectivity index (χ0v) is 17.3. The molecular formula is C22H28N4O3. The third kappa shape index (κ3) is 5.40. The van der Waals surface area contributed by atoms with E-state index in [1.54, 1.807) is 7.05 Å². The first kappa shape index (κ1) is 20.5. The molecule has 2 aromatic carbocycles. The Morgan fingerprint density at radius 1 is 1.21 bits per heavy atom. The molecule has 0 aromatic heterocycles. The summed E-state index contributed by atoms with van der Waals surface area (Å²) in [5, 5.41) is 9.50. The summed E-state index contributed by atoms with van der Waals surface area (Å²) < 4.78 is 10.7. The van der Waals surface area contributed by atoms with Crippen molar-refractivity contribution in [2.24, 2.45) is 4.99 Å². The van der Waals surface area contributed by atoms with Gasteiger partial charge in [-0.05, 0) is 37.6 Å². The molecule has 3 N–H and O–H groups in total. The molecule has 1 aliphatic heterocycles. The molecule has 1 aliphatic rings. The molecule has 7 heteroatoms. The van der Waals surface area contributed by atoms with Gasteiger partial charge < -0.3 is 20.1 Å². The monoisotopic (exact) mass is 396 g/mol. The van der Waals surface area contributed by atoms with E-state index in [4.69, 9.17) is 4.74 Å². The van der Waals surface area contributed by atoms with Crippen LogP contribution < -0.4 is 20.7 Å². The van der Waals surface area contributed by atoms with Crippen LogP contribution in [0.25, 0.3) is 0 Å². The fraction of sp³-hybridized carbons (Fsp3) is 0.364. The molecule has 1 heterocycles. The molecular weight excluding hydrogens is 368 g/mol. The number of guanidine groups is 1. The summed E-state index contributed by atoms with van der Waals surface area (Å²) in [4.78, 5) is 15.6. The number of hydrogen-bond acceptors (Lipinski definition) is 4. The van der Waals surface area contributed by atoms with E-state index < -0.39 is 6.09 Å². The van der Waals surface area contributed by atoms with Gasteiger partial charge in [0.05, 0.1) is 13.2 Å². The summed E-state index contributed by atoms with van der Waals surface area (Å²) in [6.45, 7) is 4.79. The van der Waals surface area contributed by atoms with Crippen LogP contribution in [0.2, 0.25) is 0 Å². The molecule has 0 spiro atoms. The first-order valence-corrected chi connectivity index (χ1v) is 9.59. The number of benzene rings is 2. The number of anilines is 1. The van der Waals surface area contributed by atoms with Crippen LogP contribution in [0, 0.1) is 0 Å². The summed E-state index contributed by atoms with van der Waals surface area (Å²) >= 11 is 0. The quantitative estimate of drug-likeness (QED) is 0.540. The molecule has 1 atom stereocenters. The van der Waals surface area contributed by atoms with Crippen LogP contribution >= 0.6 is 0 Å². The second-order valence-electron chi connectivity index (χ2n) is 7.54. The van der Waals surface area contributed by atoms with Crippen molar-refractivity contribution in [2.75, 3.05) is 19.5 Å². The van der Waals surface area contributed by atoms with E-state index in [-0.39, 0.29) is 11.6 Å². The normalized spacial score (nSPS) is 17.5. The van der Waals surface area contributed by atoms with E-state index in [2.05, 4.69) is 45.6 Å².